The van der Waals surface area contributed by atoms with Crippen LogP contribution in [0.15, 0.2) is 212 Å². The first-order valence-corrected chi connectivity index (χ1v) is 34.0. The van der Waals surface area contributed by atoms with Gasteiger partial charge in [0.05, 0.1) is 0 Å². The van der Waals surface area contributed by atoms with Gasteiger partial charge in [-0.05, 0) is 261 Å². The molecule has 1 unspecified atom stereocenters. The largest absolute Gasteiger partial charge is 0.457 e. The monoisotopic (exact) mass is 1270 g/mol. The second-order valence-corrected chi connectivity index (χ2v) is 27.9. The Labute approximate surface area is 580 Å². The Hall–Kier alpha value is -8.20. The average Bonchev–Trinajstić information content (AvgIpc) is 0.827. The summed E-state index contributed by atoms with van der Waals surface area (Å²) in [6.45, 7) is 48.4. The minimum absolute atomic E-state index is 0. The minimum atomic E-state index is -0.134. The van der Waals surface area contributed by atoms with Crippen molar-refractivity contribution in [3.63, 3.8) is 0 Å². The van der Waals surface area contributed by atoms with Crippen molar-refractivity contribution >= 4 is 0 Å². The molecule has 506 valence electrons. The first-order chi connectivity index (χ1) is 44.0. The van der Waals surface area contributed by atoms with E-state index < -0.39 is 0 Å². The van der Waals surface area contributed by atoms with Crippen molar-refractivity contribution < 1.29 is 9.47 Å². The molecule has 1 atom stereocenters. The predicted octanol–water partition coefficient (Wildman–Crippen LogP) is 27.7. The second-order valence-electron chi connectivity index (χ2n) is 27.9. The van der Waals surface area contributed by atoms with Crippen molar-refractivity contribution in [3.8, 4) is 23.0 Å². The summed E-state index contributed by atoms with van der Waals surface area (Å²) in [7, 11) is 0. The van der Waals surface area contributed by atoms with E-state index in [4.69, 9.17) is 9.47 Å². The standard InChI is InChI=1S/C29H28O2.C19H24.C15H16.C11H24.C9H12.C8H10.2CH4/c1-21-5-13-25(14-6-21)30-27-17-9-23(10-18-27)29(3,4)24-11-19-28(20-12-24)31-26-15-7-22(2)8-16-26;1-12-7-18(8-13(2)16(12)5)11-19-9-14(3)17(6)15(4)10-19;1-12-3-7-14(8-4-12)11-15-9-5-13(2)6-10-15;1-6-8-10(3)9-11(4,5)7-2;1-7-4-5-8(2)9(3)6-7;1-7-4-3-5-8(2)6-7;;/h5-20H,1-4H3;7-10H,11H2,1-6H3;3-10H,11H2,1-2H3;10H,6-9H2,1-5H3;4-6H,1-3H3;3-6H,1-2H3;2*1H4. The van der Waals surface area contributed by atoms with E-state index in [0.29, 0.717) is 5.41 Å². The zero-order valence-corrected chi connectivity index (χ0v) is 61.3. The van der Waals surface area contributed by atoms with Gasteiger partial charge in [0, 0.05) is 5.41 Å². The van der Waals surface area contributed by atoms with Crippen LogP contribution in [-0.2, 0) is 18.3 Å². The summed E-state index contributed by atoms with van der Waals surface area (Å²) in [6.07, 6.45) is 7.48. The van der Waals surface area contributed by atoms with E-state index >= 15 is 0 Å². The normalized spacial score (nSPS) is 10.9. The van der Waals surface area contributed by atoms with Crippen molar-refractivity contribution in [2.24, 2.45) is 11.3 Å². The van der Waals surface area contributed by atoms with Crippen LogP contribution >= 0.6 is 0 Å². The third kappa shape index (κ3) is 28.3. The fraction of sp³-hybridized carbons (Fsp3) is 0.355. The summed E-state index contributed by atoms with van der Waals surface area (Å²) in [5.74, 6) is 4.29. The van der Waals surface area contributed by atoms with Crippen molar-refractivity contribution in [3.05, 3.63) is 329 Å². The molecule has 10 aromatic rings. The molecule has 0 aliphatic rings. The molecule has 0 bridgehead atoms. The van der Waals surface area contributed by atoms with Crippen molar-refractivity contribution in [2.75, 3.05) is 0 Å². The highest BCUT2D eigenvalue weighted by molar-refractivity contribution is 5.45. The summed E-state index contributed by atoms with van der Waals surface area (Å²) < 4.78 is 11.9. The maximum atomic E-state index is 5.97. The lowest BCUT2D eigenvalue weighted by Gasteiger charge is -2.26. The fourth-order valence-corrected chi connectivity index (χ4v) is 11.2. The van der Waals surface area contributed by atoms with Gasteiger partial charge in [-0.1, -0.05) is 285 Å². The maximum absolute atomic E-state index is 5.97. The highest BCUT2D eigenvalue weighted by atomic mass is 16.5. The Morgan fingerprint density at radius 2 is 0.621 bits per heavy atom. The van der Waals surface area contributed by atoms with E-state index in [0.717, 1.165) is 41.8 Å². The van der Waals surface area contributed by atoms with Crippen molar-refractivity contribution in [2.45, 2.75) is 211 Å². The van der Waals surface area contributed by atoms with Crippen LogP contribution in [-0.4, -0.2) is 0 Å². The minimum Gasteiger partial charge on any atom is -0.457 e. The van der Waals surface area contributed by atoms with E-state index in [9.17, 15) is 0 Å². The van der Waals surface area contributed by atoms with Gasteiger partial charge in [-0.25, -0.2) is 0 Å². The van der Waals surface area contributed by atoms with Gasteiger partial charge in [0.1, 0.15) is 23.0 Å². The maximum Gasteiger partial charge on any atom is 0.127 e. The Morgan fingerprint density at radius 1 is 0.316 bits per heavy atom. The Kier molecular flexibility index (Phi) is 33.8. The molecule has 95 heavy (non-hydrogen) atoms. The molecule has 0 N–H and O–H groups in total. The van der Waals surface area contributed by atoms with Gasteiger partial charge >= 0.3 is 0 Å². The smallest absolute Gasteiger partial charge is 0.127 e. The van der Waals surface area contributed by atoms with Gasteiger partial charge in [0.2, 0.25) is 0 Å². The first kappa shape index (κ1) is 81.0. The van der Waals surface area contributed by atoms with Gasteiger partial charge in [-0.15, -0.1) is 0 Å². The lowest BCUT2D eigenvalue weighted by molar-refractivity contribution is 0.258. The van der Waals surface area contributed by atoms with Crippen LogP contribution in [0.2, 0.25) is 0 Å². The van der Waals surface area contributed by atoms with Crippen LogP contribution in [0.3, 0.4) is 0 Å². The lowest BCUT2D eigenvalue weighted by atomic mass is 9.78. The molecule has 2 nitrogen and oxygen atoms in total. The highest BCUT2D eigenvalue weighted by Gasteiger charge is 2.23. The summed E-state index contributed by atoms with van der Waals surface area (Å²) in [6, 6.07) is 74.6. The SMILES string of the molecule is C.C.CCCC(C)CC(C)(C)CC.Cc1cc(Cc2cc(C)c(C)c(C)c2)cc(C)c1C.Cc1ccc(C)c(C)c1.Cc1ccc(Cc2ccc(C)cc2)cc1.Cc1ccc(Oc2ccc(C(C)(C)c3ccc(Oc4ccc(C)cc4)cc3)cc2)cc1.Cc1cccc(C)c1. The molecule has 0 aliphatic heterocycles. The van der Waals surface area contributed by atoms with Crippen molar-refractivity contribution in [1.29, 1.82) is 0 Å². The number of rotatable bonds is 15. The molecule has 0 saturated carbocycles. The molecule has 0 spiro atoms. The van der Waals surface area contributed by atoms with Gasteiger partial charge in [0.15, 0.2) is 0 Å². The number of ether oxygens (including phenoxy) is 2. The third-order valence-corrected chi connectivity index (χ3v) is 18.2. The van der Waals surface area contributed by atoms with Gasteiger partial charge in [-0.3, -0.25) is 0 Å². The quantitative estimate of drug-likeness (QED) is 0.102. The molecular formula is C93H122O2. The number of hydrogen-bond donors (Lipinski definition) is 0. The molecule has 10 aromatic carbocycles. The van der Waals surface area contributed by atoms with E-state index in [2.05, 4.69) is 316 Å². The molecule has 0 radical (unpaired) electrons. The van der Waals surface area contributed by atoms with Crippen LogP contribution in [0.5, 0.6) is 23.0 Å². The number of aryl methyl sites for hydroxylation is 13. The lowest BCUT2D eigenvalue weighted by Crippen LogP contribution is -2.18. The molecular weight excluding hydrogens is 1150 g/mol. The van der Waals surface area contributed by atoms with Gasteiger partial charge < -0.3 is 9.47 Å². The van der Waals surface area contributed by atoms with Crippen LogP contribution in [0, 0.1) is 115 Å². The van der Waals surface area contributed by atoms with E-state index in [1.54, 1.807) is 0 Å². The highest BCUT2D eigenvalue weighted by Crippen LogP contribution is 2.35. The Morgan fingerprint density at radius 3 is 0.916 bits per heavy atom. The van der Waals surface area contributed by atoms with Gasteiger partial charge in [-0.2, -0.15) is 0 Å². The first-order valence-electron chi connectivity index (χ1n) is 34.0. The van der Waals surface area contributed by atoms with E-state index in [1.165, 1.54) is 143 Å². The molecule has 2 heteroatoms. The molecule has 0 aromatic heterocycles. The number of benzene rings is 10. The molecule has 10 rings (SSSR count). The third-order valence-electron chi connectivity index (χ3n) is 18.2. The van der Waals surface area contributed by atoms with Crippen LogP contribution in [0.4, 0.5) is 0 Å². The number of hydrogen-bond acceptors (Lipinski definition) is 2. The van der Waals surface area contributed by atoms with Crippen LogP contribution < -0.4 is 9.47 Å². The zero-order valence-electron chi connectivity index (χ0n) is 61.3. The van der Waals surface area contributed by atoms with E-state index in [-0.39, 0.29) is 20.3 Å². The molecule has 0 aliphatic carbocycles. The van der Waals surface area contributed by atoms with Crippen molar-refractivity contribution in [1.82, 2.24) is 0 Å². The molecule has 0 heterocycles. The summed E-state index contributed by atoms with van der Waals surface area (Å²) >= 11 is 0. The van der Waals surface area contributed by atoms with Gasteiger partial charge in [0.25, 0.3) is 0 Å². The zero-order chi connectivity index (χ0) is 68.4. The van der Waals surface area contributed by atoms with Crippen LogP contribution in [0.1, 0.15) is 206 Å². The Balaban J connectivity index is 0.000000318. The summed E-state index contributed by atoms with van der Waals surface area (Å²) in [5.41, 5.74) is 28.8. The molecule has 0 amide bonds. The fourth-order valence-electron chi connectivity index (χ4n) is 11.2. The summed E-state index contributed by atoms with van der Waals surface area (Å²) in [5, 5.41) is 0. The average molecular weight is 1270 g/mol. The molecule has 0 fully saturated rings. The predicted molar refractivity (Wildman–Crippen MR) is 420 cm³/mol. The Bertz CT molecular complexity index is 3560. The topological polar surface area (TPSA) is 18.5 Å². The van der Waals surface area contributed by atoms with E-state index in [1.807, 2.05) is 48.5 Å². The van der Waals surface area contributed by atoms with Crippen LogP contribution in [0.25, 0.3) is 0 Å². The second kappa shape index (κ2) is 39.6. The summed E-state index contributed by atoms with van der Waals surface area (Å²) in [4.78, 5) is 0. The molecule has 0 saturated heterocycles.